The van der Waals surface area contributed by atoms with Gasteiger partial charge >= 0.3 is 11.9 Å². The number of esters is 1. The van der Waals surface area contributed by atoms with E-state index in [-0.39, 0.29) is 11.5 Å². The molecule has 1 N–H and O–H groups in total. The molecule has 1 fully saturated rings. The Hall–Kier alpha value is -4.84. The van der Waals surface area contributed by atoms with Crippen LogP contribution in [-0.2, 0) is 22.6 Å². The SMILES string of the molecule is C1CCOC1.COC(=O)c1ccnc(Cn2cc3cc(Cl)ccc3n2)c1.O=C(O)c1ccnc(Cn2cc3cc(Cl)ccc3n2)c1. The number of aromatic carboxylic acids is 1. The second kappa shape index (κ2) is 15.4. The Labute approximate surface area is 274 Å². The third-order valence-electron chi connectivity index (χ3n) is 6.80. The van der Waals surface area contributed by atoms with E-state index in [1.165, 1.54) is 32.2 Å². The summed E-state index contributed by atoms with van der Waals surface area (Å²) >= 11 is 11.9. The van der Waals surface area contributed by atoms with Crippen LogP contribution >= 0.6 is 23.2 Å². The molecule has 236 valence electrons. The number of rotatable bonds is 6. The Balaban J connectivity index is 0.000000157. The number of aromatic nitrogens is 6. The van der Waals surface area contributed by atoms with Gasteiger partial charge < -0.3 is 14.6 Å². The van der Waals surface area contributed by atoms with E-state index in [2.05, 4.69) is 20.2 Å². The first-order valence-corrected chi connectivity index (χ1v) is 15.1. The molecule has 13 heteroatoms. The van der Waals surface area contributed by atoms with E-state index in [4.69, 9.17) is 37.8 Å². The van der Waals surface area contributed by atoms with Crippen molar-refractivity contribution < 1.29 is 24.2 Å². The van der Waals surface area contributed by atoms with Crippen molar-refractivity contribution in [1.82, 2.24) is 29.5 Å². The molecule has 7 rings (SSSR count). The molecule has 0 radical (unpaired) electrons. The molecule has 0 atom stereocenters. The number of ether oxygens (including phenoxy) is 2. The zero-order valence-electron chi connectivity index (χ0n) is 24.8. The Bertz CT molecular complexity index is 1960. The van der Waals surface area contributed by atoms with Crippen LogP contribution in [0.1, 0.15) is 44.9 Å². The van der Waals surface area contributed by atoms with Crippen molar-refractivity contribution >= 4 is 56.9 Å². The van der Waals surface area contributed by atoms with Crippen LogP contribution in [0.25, 0.3) is 21.8 Å². The van der Waals surface area contributed by atoms with Gasteiger partial charge in [0, 0.05) is 58.8 Å². The Morgan fingerprint density at radius 1 is 0.783 bits per heavy atom. The number of carbonyl (C=O) groups is 2. The van der Waals surface area contributed by atoms with Gasteiger partial charge in [-0.3, -0.25) is 19.3 Å². The lowest BCUT2D eigenvalue weighted by Crippen LogP contribution is -2.06. The van der Waals surface area contributed by atoms with Crippen molar-refractivity contribution in [2.24, 2.45) is 0 Å². The van der Waals surface area contributed by atoms with E-state index in [1.54, 1.807) is 45.9 Å². The summed E-state index contributed by atoms with van der Waals surface area (Å²) in [5.74, 6) is -1.35. The molecular formula is C33H30Cl2N6O5. The number of carboxylic acid groups (broad SMARTS) is 1. The molecule has 0 unspecified atom stereocenters. The van der Waals surface area contributed by atoms with Crippen molar-refractivity contribution in [1.29, 1.82) is 0 Å². The second-order valence-electron chi connectivity index (χ2n) is 10.2. The first kappa shape index (κ1) is 32.6. The maximum atomic E-state index is 11.5. The highest BCUT2D eigenvalue weighted by Crippen LogP contribution is 2.19. The smallest absolute Gasteiger partial charge is 0.337 e. The number of benzene rings is 2. The van der Waals surface area contributed by atoms with Crippen LogP contribution in [0.5, 0.6) is 0 Å². The largest absolute Gasteiger partial charge is 0.478 e. The summed E-state index contributed by atoms with van der Waals surface area (Å²) in [6.45, 7) is 2.88. The molecule has 0 amide bonds. The van der Waals surface area contributed by atoms with Crippen molar-refractivity contribution in [3.63, 3.8) is 0 Å². The predicted molar refractivity (Wildman–Crippen MR) is 175 cm³/mol. The van der Waals surface area contributed by atoms with Crippen molar-refractivity contribution in [3.8, 4) is 0 Å². The van der Waals surface area contributed by atoms with Crippen LogP contribution in [0.4, 0.5) is 0 Å². The van der Waals surface area contributed by atoms with Gasteiger partial charge in [0.15, 0.2) is 0 Å². The van der Waals surface area contributed by atoms with Gasteiger partial charge in [0.25, 0.3) is 0 Å². The standard InChI is InChI=1S/C15H12ClN3O2.C14H10ClN3O2.C4H8O/c1-21-15(20)10-4-5-17-13(7-10)9-19-8-11-6-12(16)2-3-14(11)18-19;15-11-1-2-13-10(5-11)7-18(17-13)8-12-6-9(14(19)20)3-4-16-12;1-2-4-5-3-1/h2-8H,9H2,1H3;1-7H,8H2,(H,19,20);1-4H2. The number of pyridine rings is 2. The van der Waals surface area contributed by atoms with E-state index in [9.17, 15) is 9.59 Å². The molecule has 1 saturated heterocycles. The zero-order valence-corrected chi connectivity index (χ0v) is 26.4. The lowest BCUT2D eigenvalue weighted by molar-refractivity contribution is 0.0599. The third-order valence-corrected chi connectivity index (χ3v) is 7.27. The number of nitrogens with zero attached hydrogens (tertiary/aromatic N) is 6. The highest BCUT2D eigenvalue weighted by molar-refractivity contribution is 6.31. The summed E-state index contributed by atoms with van der Waals surface area (Å²) in [5, 5.41) is 21.0. The quantitative estimate of drug-likeness (QED) is 0.197. The fourth-order valence-electron chi connectivity index (χ4n) is 4.61. The number of carboxylic acids is 1. The van der Waals surface area contributed by atoms with Gasteiger partial charge in [-0.15, -0.1) is 0 Å². The number of fused-ring (bicyclic) bond motifs is 2. The van der Waals surface area contributed by atoms with Crippen molar-refractivity contribution in [3.05, 3.63) is 118 Å². The molecule has 1 aliphatic rings. The van der Waals surface area contributed by atoms with Gasteiger partial charge in [0.2, 0.25) is 0 Å². The lowest BCUT2D eigenvalue weighted by atomic mass is 10.2. The Morgan fingerprint density at radius 2 is 1.28 bits per heavy atom. The normalized spacial score (nSPS) is 12.2. The highest BCUT2D eigenvalue weighted by atomic mass is 35.5. The first-order chi connectivity index (χ1) is 22.3. The minimum Gasteiger partial charge on any atom is -0.478 e. The maximum absolute atomic E-state index is 11.5. The van der Waals surface area contributed by atoms with Crippen molar-refractivity contribution in [2.45, 2.75) is 25.9 Å². The molecule has 0 saturated carbocycles. The molecule has 11 nitrogen and oxygen atoms in total. The average molecular weight is 662 g/mol. The average Bonchev–Trinajstić information content (AvgIpc) is 3.83. The molecule has 5 heterocycles. The van der Waals surface area contributed by atoms with Gasteiger partial charge in [-0.05, 0) is 73.5 Å². The number of hydrogen-bond acceptors (Lipinski definition) is 8. The number of methoxy groups -OCH3 is 1. The van der Waals surface area contributed by atoms with Crippen LogP contribution < -0.4 is 0 Å². The minimum absolute atomic E-state index is 0.217. The predicted octanol–water partition coefficient (Wildman–Crippen LogP) is 6.55. The van der Waals surface area contributed by atoms with Crippen molar-refractivity contribution in [2.75, 3.05) is 20.3 Å². The number of carbonyl (C=O) groups excluding carboxylic acids is 1. The molecule has 1 aliphatic heterocycles. The molecule has 4 aromatic heterocycles. The van der Waals surface area contributed by atoms with Gasteiger partial charge in [-0.1, -0.05) is 23.2 Å². The van der Waals surface area contributed by atoms with E-state index in [1.807, 2.05) is 36.7 Å². The molecule has 0 spiro atoms. The van der Waals surface area contributed by atoms with Crippen LogP contribution in [0.2, 0.25) is 10.0 Å². The van der Waals surface area contributed by atoms with E-state index in [0.29, 0.717) is 34.4 Å². The summed E-state index contributed by atoms with van der Waals surface area (Å²) in [7, 11) is 1.35. The lowest BCUT2D eigenvalue weighted by Gasteiger charge is -2.03. The Morgan fingerprint density at radius 3 is 1.74 bits per heavy atom. The minimum atomic E-state index is -0.967. The summed E-state index contributed by atoms with van der Waals surface area (Å²) < 4.78 is 13.1. The highest BCUT2D eigenvalue weighted by Gasteiger charge is 2.09. The van der Waals surface area contributed by atoms with E-state index >= 15 is 0 Å². The van der Waals surface area contributed by atoms with Crippen LogP contribution in [0.3, 0.4) is 0 Å². The summed E-state index contributed by atoms with van der Waals surface area (Å²) in [4.78, 5) is 30.8. The zero-order chi connectivity index (χ0) is 32.5. The number of halogens is 2. The van der Waals surface area contributed by atoms with Gasteiger partial charge in [-0.25, -0.2) is 9.59 Å². The first-order valence-electron chi connectivity index (χ1n) is 14.3. The molecule has 0 aliphatic carbocycles. The fourth-order valence-corrected chi connectivity index (χ4v) is 4.97. The molecular weight excluding hydrogens is 631 g/mol. The van der Waals surface area contributed by atoms with Crippen LogP contribution in [0.15, 0.2) is 85.5 Å². The van der Waals surface area contributed by atoms with Gasteiger partial charge in [0.05, 0.1) is 53.7 Å². The van der Waals surface area contributed by atoms with Gasteiger partial charge in [-0.2, -0.15) is 10.2 Å². The van der Waals surface area contributed by atoms with Crippen LogP contribution in [-0.4, -0.2) is 66.9 Å². The molecule has 6 aromatic rings. The molecule has 46 heavy (non-hydrogen) atoms. The topological polar surface area (TPSA) is 134 Å². The molecule has 0 bridgehead atoms. The van der Waals surface area contributed by atoms with E-state index < -0.39 is 5.97 Å². The van der Waals surface area contributed by atoms with Crippen LogP contribution in [0, 0.1) is 0 Å². The monoisotopic (exact) mass is 660 g/mol. The summed E-state index contributed by atoms with van der Waals surface area (Å²) in [6, 6.07) is 17.3. The summed E-state index contributed by atoms with van der Waals surface area (Å²) in [5.41, 5.74) is 3.77. The second-order valence-corrected chi connectivity index (χ2v) is 11.1. The maximum Gasteiger partial charge on any atom is 0.337 e. The molecule has 2 aromatic carbocycles. The fraction of sp³-hybridized carbons (Fsp3) is 0.212. The third kappa shape index (κ3) is 8.87. The van der Waals surface area contributed by atoms with Gasteiger partial charge in [0.1, 0.15) is 0 Å². The van der Waals surface area contributed by atoms with E-state index in [0.717, 1.165) is 40.7 Å². The summed E-state index contributed by atoms with van der Waals surface area (Å²) in [6.07, 6.45) is 9.38. The number of hydrogen-bond donors (Lipinski definition) is 1. The Kier molecular flexibility index (Phi) is 10.9.